The maximum Gasteiger partial charge on any atom is 0.253 e. The molecule has 1 atom stereocenters. The molecule has 0 aliphatic rings. The molecule has 1 heterocycles. The fourth-order valence-corrected chi connectivity index (χ4v) is 2.36. The monoisotopic (exact) mass is 274 g/mol. The van der Waals surface area contributed by atoms with Gasteiger partial charge in [0.15, 0.2) is 0 Å². The standard InChI is InChI=1S/C16H22N2O2/c1-16(2,3)13(8-10-19)18-15(20)12-6-4-5-11-7-9-17-14(11)12/h4-7,9,13,17,19H,8,10H2,1-3H3,(H,18,20). The molecule has 2 aromatic rings. The lowest BCUT2D eigenvalue weighted by atomic mass is 9.84. The molecule has 4 nitrogen and oxygen atoms in total. The van der Waals surface area contributed by atoms with E-state index < -0.39 is 0 Å². The first-order valence-electron chi connectivity index (χ1n) is 6.91. The van der Waals surface area contributed by atoms with Crippen LogP contribution in [0.5, 0.6) is 0 Å². The predicted molar refractivity (Wildman–Crippen MR) is 80.7 cm³/mol. The second-order valence-electron chi connectivity index (χ2n) is 6.15. The number of benzene rings is 1. The Morgan fingerprint density at radius 1 is 1.35 bits per heavy atom. The van der Waals surface area contributed by atoms with Crippen molar-refractivity contribution in [3.63, 3.8) is 0 Å². The molecule has 1 amide bonds. The number of H-pyrrole nitrogens is 1. The number of aromatic nitrogens is 1. The van der Waals surface area contributed by atoms with E-state index in [4.69, 9.17) is 5.11 Å². The molecule has 108 valence electrons. The van der Waals surface area contributed by atoms with Gasteiger partial charge in [0.1, 0.15) is 0 Å². The molecule has 0 fully saturated rings. The van der Waals surface area contributed by atoms with Crippen molar-refractivity contribution < 1.29 is 9.90 Å². The number of hydrogen-bond donors (Lipinski definition) is 3. The third-order valence-corrected chi connectivity index (χ3v) is 3.60. The van der Waals surface area contributed by atoms with Crippen LogP contribution in [-0.4, -0.2) is 28.6 Å². The third kappa shape index (κ3) is 3.02. The minimum absolute atomic E-state index is 0.0644. The van der Waals surface area contributed by atoms with Crippen LogP contribution in [0.3, 0.4) is 0 Å². The van der Waals surface area contributed by atoms with Crippen LogP contribution in [0.4, 0.5) is 0 Å². The summed E-state index contributed by atoms with van der Waals surface area (Å²) in [5, 5.41) is 13.2. The van der Waals surface area contributed by atoms with Crippen LogP contribution in [-0.2, 0) is 0 Å². The van der Waals surface area contributed by atoms with Gasteiger partial charge in [-0.15, -0.1) is 0 Å². The van der Waals surface area contributed by atoms with Crippen LogP contribution in [0.1, 0.15) is 37.6 Å². The molecule has 3 N–H and O–H groups in total. The van der Waals surface area contributed by atoms with Crippen LogP contribution >= 0.6 is 0 Å². The molecule has 0 spiro atoms. The fourth-order valence-electron chi connectivity index (χ4n) is 2.36. The van der Waals surface area contributed by atoms with E-state index in [2.05, 4.69) is 31.1 Å². The first kappa shape index (κ1) is 14.6. The number of rotatable bonds is 4. The van der Waals surface area contributed by atoms with E-state index in [1.54, 1.807) is 0 Å². The highest BCUT2D eigenvalue weighted by Gasteiger charge is 2.26. The molecule has 20 heavy (non-hydrogen) atoms. The van der Waals surface area contributed by atoms with Gasteiger partial charge >= 0.3 is 0 Å². The molecule has 1 unspecified atom stereocenters. The SMILES string of the molecule is CC(C)(C)C(CCO)NC(=O)c1cccc2cc[nH]c12. The van der Waals surface area contributed by atoms with E-state index in [9.17, 15) is 4.79 Å². The molecule has 4 heteroatoms. The first-order chi connectivity index (χ1) is 9.43. The lowest BCUT2D eigenvalue weighted by Crippen LogP contribution is -2.44. The Kier molecular flexibility index (Phi) is 4.14. The normalized spacial score (nSPS) is 13.4. The van der Waals surface area contributed by atoms with E-state index in [0.717, 1.165) is 10.9 Å². The summed E-state index contributed by atoms with van der Waals surface area (Å²) in [4.78, 5) is 15.6. The Bertz CT molecular complexity index is 596. The smallest absolute Gasteiger partial charge is 0.253 e. The van der Waals surface area contributed by atoms with Crippen molar-refractivity contribution in [1.29, 1.82) is 0 Å². The zero-order valence-corrected chi connectivity index (χ0v) is 12.2. The van der Waals surface area contributed by atoms with E-state index >= 15 is 0 Å². The van der Waals surface area contributed by atoms with Crippen LogP contribution in [0.15, 0.2) is 30.5 Å². The van der Waals surface area contributed by atoms with Gasteiger partial charge < -0.3 is 15.4 Å². The summed E-state index contributed by atoms with van der Waals surface area (Å²) >= 11 is 0. The molecule has 0 aliphatic heterocycles. The molecular formula is C16H22N2O2. The second-order valence-corrected chi connectivity index (χ2v) is 6.15. The molecule has 1 aromatic carbocycles. The van der Waals surface area contributed by atoms with Crippen molar-refractivity contribution in [2.45, 2.75) is 33.2 Å². The van der Waals surface area contributed by atoms with Gasteiger partial charge in [-0.1, -0.05) is 32.9 Å². The fraction of sp³-hybridized carbons (Fsp3) is 0.438. The number of hydrogen-bond acceptors (Lipinski definition) is 2. The van der Waals surface area contributed by atoms with Crippen molar-refractivity contribution in [2.24, 2.45) is 5.41 Å². The molecule has 0 saturated carbocycles. The molecule has 1 aromatic heterocycles. The van der Waals surface area contributed by atoms with Crippen molar-refractivity contribution >= 4 is 16.8 Å². The number of carbonyl (C=O) groups is 1. The molecule has 0 aliphatic carbocycles. The van der Waals surface area contributed by atoms with E-state index in [1.165, 1.54) is 0 Å². The van der Waals surface area contributed by atoms with Gasteiger partial charge in [-0.3, -0.25) is 4.79 Å². The van der Waals surface area contributed by atoms with Gasteiger partial charge in [-0.25, -0.2) is 0 Å². The number of amides is 1. The molecular weight excluding hydrogens is 252 g/mol. The second kappa shape index (κ2) is 5.67. The molecule has 0 radical (unpaired) electrons. The van der Waals surface area contributed by atoms with E-state index in [1.807, 2.05) is 30.5 Å². The molecule has 0 saturated heterocycles. The van der Waals surface area contributed by atoms with Gasteiger partial charge in [0.2, 0.25) is 0 Å². The van der Waals surface area contributed by atoms with Crippen molar-refractivity contribution in [3.05, 3.63) is 36.0 Å². The summed E-state index contributed by atoms with van der Waals surface area (Å²) in [5.41, 5.74) is 1.39. The van der Waals surface area contributed by atoms with Gasteiger partial charge in [-0.2, -0.15) is 0 Å². The number of nitrogens with one attached hydrogen (secondary N) is 2. The Labute approximate surface area is 119 Å². The summed E-state index contributed by atoms with van der Waals surface area (Å²) in [7, 11) is 0. The van der Waals surface area contributed by atoms with Gasteiger partial charge in [0.05, 0.1) is 11.1 Å². The Hall–Kier alpha value is -1.81. The Morgan fingerprint density at radius 3 is 2.75 bits per heavy atom. The Balaban J connectivity index is 2.25. The van der Waals surface area contributed by atoms with E-state index in [0.29, 0.717) is 12.0 Å². The van der Waals surface area contributed by atoms with Crippen molar-refractivity contribution in [3.8, 4) is 0 Å². The van der Waals surface area contributed by atoms with Gasteiger partial charge in [-0.05, 0) is 24.0 Å². The number of aliphatic hydroxyl groups excluding tert-OH is 1. The number of carbonyl (C=O) groups excluding carboxylic acids is 1. The first-order valence-corrected chi connectivity index (χ1v) is 6.91. The van der Waals surface area contributed by atoms with Crippen LogP contribution in [0.2, 0.25) is 0 Å². The third-order valence-electron chi connectivity index (χ3n) is 3.60. The zero-order valence-electron chi connectivity index (χ0n) is 12.2. The van der Waals surface area contributed by atoms with Crippen LogP contribution in [0.25, 0.3) is 10.9 Å². The lowest BCUT2D eigenvalue weighted by Gasteiger charge is -2.31. The topological polar surface area (TPSA) is 65.1 Å². The lowest BCUT2D eigenvalue weighted by molar-refractivity contribution is 0.0886. The van der Waals surface area contributed by atoms with Gasteiger partial charge in [0, 0.05) is 24.2 Å². The highest BCUT2D eigenvalue weighted by atomic mass is 16.3. The summed E-state index contributed by atoms with van der Waals surface area (Å²) < 4.78 is 0. The highest BCUT2D eigenvalue weighted by Crippen LogP contribution is 2.23. The maximum absolute atomic E-state index is 12.5. The van der Waals surface area contributed by atoms with Crippen molar-refractivity contribution in [2.75, 3.05) is 6.61 Å². The molecule has 0 bridgehead atoms. The average Bonchev–Trinajstić information content (AvgIpc) is 2.84. The average molecular weight is 274 g/mol. The number of fused-ring (bicyclic) bond motifs is 1. The largest absolute Gasteiger partial charge is 0.396 e. The van der Waals surface area contributed by atoms with Crippen LogP contribution in [0, 0.1) is 5.41 Å². The van der Waals surface area contributed by atoms with Gasteiger partial charge in [0.25, 0.3) is 5.91 Å². The summed E-state index contributed by atoms with van der Waals surface area (Å²) in [6.07, 6.45) is 2.38. The number of aromatic amines is 1. The number of para-hydroxylation sites is 1. The Morgan fingerprint density at radius 2 is 2.10 bits per heavy atom. The maximum atomic E-state index is 12.5. The zero-order chi connectivity index (χ0) is 14.8. The predicted octanol–water partition coefficient (Wildman–Crippen LogP) is 2.69. The van der Waals surface area contributed by atoms with Crippen LogP contribution < -0.4 is 5.32 Å². The minimum Gasteiger partial charge on any atom is -0.396 e. The molecule has 2 rings (SSSR count). The number of aliphatic hydroxyl groups is 1. The van der Waals surface area contributed by atoms with Crippen molar-refractivity contribution in [1.82, 2.24) is 10.3 Å². The summed E-state index contributed by atoms with van der Waals surface area (Å²) in [6.45, 7) is 6.24. The quantitative estimate of drug-likeness (QED) is 0.802. The summed E-state index contributed by atoms with van der Waals surface area (Å²) in [6, 6.07) is 7.54. The highest BCUT2D eigenvalue weighted by molar-refractivity contribution is 6.05. The summed E-state index contributed by atoms with van der Waals surface area (Å²) in [5.74, 6) is -0.105. The van der Waals surface area contributed by atoms with E-state index in [-0.39, 0.29) is 24.0 Å². The minimum atomic E-state index is -0.105.